The number of fused-ring (bicyclic) bond motifs is 1. The number of oxime groups is 1. The van der Waals surface area contributed by atoms with Crippen LogP contribution < -0.4 is 10.2 Å². The zero-order valence-corrected chi connectivity index (χ0v) is 11.0. The number of nitrogens with zero attached hydrogens (tertiary/aromatic N) is 3. The van der Waals surface area contributed by atoms with Crippen molar-refractivity contribution in [2.45, 2.75) is 12.8 Å². The number of nitriles is 1. The monoisotopic (exact) mass is 272 g/mol. The van der Waals surface area contributed by atoms with Crippen molar-refractivity contribution < 1.29 is 10.0 Å². The molecule has 104 valence electrons. The number of rotatable bonds is 3. The molecule has 6 nitrogen and oxygen atoms in total. The Hall–Kier alpha value is -2.55. The van der Waals surface area contributed by atoms with Crippen molar-refractivity contribution in [1.29, 1.82) is 5.26 Å². The highest BCUT2D eigenvalue weighted by molar-refractivity contribution is 6.05. The zero-order chi connectivity index (χ0) is 14.4. The van der Waals surface area contributed by atoms with Crippen molar-refractivity contribution in [3.63, 3.8) is 0 Å². The summed E-state index contributed by atoms with van der Waals surface area (Å²) in [6, 6.07) is 9.44. The van der Waals surface area contributed by atoms with Gasteiger partial charge in [0.1, 0.15) is 6.54 Å². The molecule has 0 bridgehead atoms. The molecule has 1 aliphatic rings. The Labute approximate surface area is 117 Å². The molecule has 0 saturated carbocycles. The maximum absolute atomic E-state index is 11.8. The molecule has 1 aliphatic heterocycles. The fourth-order valence-corrected chi connectivity index (χ4v) is 2.32. The van der Waals surface area contributed by atoms with Gasteiger partial charge in [0, 0.05) is 17.8 Å². The zero-order valence-electron chi connectivity index (χ0n) is 11.0. The van der Waals surface area contributed by atoms with Crippen LogP contribution in [0.3, 0.4) is 0 Å². The molecular weight excluding hydrogens is 256 g/mol. The number of para-hydroxylation sites is 1. The molecule has 1 aromatic carbocycles. The van der Waals surface area contributed by atoms with Crippen LogP contribution in [0.15, 0.2) is 29.4 Å². The number of carbonyl (C=O) groups is 1. The molecule has 0 unspecified atom stereocenters. The van der Waals surface area contributed by atoms with Crippen LogP contribution in [0.1, 0.15) is 18.4 Å². The third-order valence-electron chi connectivity index (χ3n) is 3.22. The SMILES string of the molecule is N#CCNC(=O)CN1CCC/C(=N/O)c2ccccc21. The summed E-state index contributed by atoms with van der Waals surface area (Å²) in [4.78, 5) is 13.7. The van der Waals surface area contributed by atoms with E-state index in [1.807, 2.05) is 35.2 Å². The van der Waals surface area contributed by atoms with Gasteiger partial charge in [0.2, 0.25) is 5.91 Å². The summed E-state index contributed by atoms with van der Waals surface area (Å²) in [5, 5.41) is 23.5. The minimum Gasteiger partial charge on any atom is -0.411 e. The van der Waals surface area contributed by atoms with Gasteiger partial charge >= 0.3 is 0 Å². The molecule has 1 aromatic rings. The second kappa shape index (κ2) is 6.57. The van der Waals surface area contributed by atoms with Crippen molar-refractivity contribution in [1.82, 2.24) is 5.32 Å². The van der Waals surface area contributed by atoms with Crippen molar-refractivity contribution in [3.8, 4) is 6.07 Å². The minimum atomic E-state index is -0.189. The summed E-state index contributed by atoms with van der Waals surface area (Å²) in [6.45, 7) is 0.908. The first-order valence-corrected chi connectivity index (χ1v) is 6.45. The van der Waals surface area contributed by atoms with Crippen molar-refractivity contribution >= 4 is 17.3 Å². The molecule has 0 atom stereocenters. The number of hydrogen-bond acceptors (Lipinski definition) is 5. The average molecular weight is 272 g/mol. The molecule has 2 N–H and O–H groups in total. The summed E-state index contributed by atoms with van der Waals surface area (Å²) in [5.74, 6) is -0.189. The van der Waals surface area contributed by atoms with Gasteiger partial charge in [-0.05, 0) is 18.9 Å². The van der Waals surface area contributed by atoms with Crippen LogP contribution in [0.5, 0.6) is 0 Å². The van der Waals surface area contributed by atoms with E-state index in [4.69, 9.17) is 10.5 Å². The molecule has 1 heterocycles. The molecule has 6 heteroatoms. The smallest absolute Gasteiger partial charge is 0.240 e. The molecule has 0 spiro atoms. The predicted octanol–water partition coefficient (Wildman–Crippen LogP) is 1.10. The standard InChI is InChI=1S/C14H16N4O2/c15-7-8-16-14(19)10-18-9-3-5-12(17-20)11-4-1-2-6-13(11)18/h1-2,4,6,20H,3,5,8-10H2,(H,16,19)/b17-12-. The second-order valence-corrected chi connectivity index (χ2v) is 4.52. The normalized spacial score (nSPS) is 16.1. The first kappa shape index (κ1) is 13.9. The lowest BCUT2D eigenvalue weighted by Crippen LogP contribution is -2.37. The molecule has 0 saturated heterocycles. The quantitative estimate of drug-likeness (QED) is 0.490. The van der Waals surface area contributed by atoms with E-state index in [0.29, 0.717) is 18.7 Å². The van der Waals surface area contributed by atoms with Crippen LogP contribution in [0.4, 0.5) is 5.69 Å². The lowest BCUT2D eigenvalue weighted by atomic mass is 10.1. The number of hydrogen-bond donors (Lipinski definition) is 2. The van der Waals surface area contributed by atoms with Crippen LogP contribution in [0.2, 0.25) is 0 Å². The Kier molecular flexibility index (Phi) is 4.56. The van der Waals surface area contributed by atoms with Gasteiger partial charge < -0.3 is 15.4 Å². The van der Waals surface area contributed by atoms with E-state index in [0.717, 1.165) is 17.7 Å². The van der Waals surface area contributed by atoms with Gasteiger partial charge in [0.05, 0.1) is 18.3 Å². The van der Waals surface area contributed by atoms with Gasteiger partial charge in [-0.25, -0.2) is 0 Å². The third kappa shape index (κ3) is 3.06. The van der Waals surface area contributed by atoms with Gasteiger partial charge in [-0.3, -0.25) is 4.79 Å². The first-order chi connectivity index (χ1) is 9.76. The van der Waals surface area contributed by atoms with Gasteiger partial charge in [0.25, 0.3) is 0 Å². The summed E-state index contributed by atoms with van der Waals surface area (Å²) >= 11 is 0. The predicted molar refractivity (Wildman–Crippen MR) is 74.8 cm³/mol. The van der Waals surface area contributed by atoms with E-state index in [2.05, 4.69) is 10.5 Å². The number of carbonyl (C=O) groups excluding carboxylic acids is 1. The molecule has 20 heavy (non-hydrogen) atoms. The van der Waals surface area contributed by atoms with Crippen LogP contribution in [-0.4, -0.2) is 36.5 Å². The number of amides is 1. The second-order valence-electron chi connectivity index (χ2n) is 4.52. The van der Waals surface area contributed by atoms with E-state index < -0.39 is 0 Å². The summed E-state index contributed by atoms with van der Waals surface area (Å²) in [6.07, 6.45) is 1.48. The fraction of sp³-hybridized carbons (Fsp3) is 0.357. The van der Waals surface area contributed by atoms with E-state index in [1.54, 1.807) is 0 Å². The van der Waals surface area contributed by atoms with Crippen molar-refractivity contribution in [3.05, 3.63) is 29.8 Å². The lowest BCUT2D eigenvalue weighted by Gasteiger charge is -2.23. The van der Waals surface area contributed by atoms with Crippen LogP contribution in [0.25, 0.3) is 0 Å². The Morgan fingerprint density at radius 3 is 3.05 bits per heavy atom. The van der Waals surface area contributed by atoms with Gasteiger partial charge in [0.15, 0.2) is 0 Å². The molecule has 0 radical (unpaired) electrons. The van der Waals surface area contributed by atoms with Crippen molar-refractivity contribution in [2.24, 2.45) is 5.16 Å². The highest BCUT2D eigenvalue weighted by Crippen LogP contribution is 2.26. The van der Waals surface area contributed by atoms with Crippen LogP contribution in [0, 0.1) is 11.3 Å². The number of benzene rings is 1. The van der Waals surface area contributed by atoms with Gasteiger partial charge in [-0.1, -0.05) is 23.4 Å². The van der Waals surface area contributed by atoms with E-state index in [1.165, 1.54) is 0 Å². The number of anilines is 1. The van der Waals surface area contributed by atoms with Gasteiger partial charge in [-0.2, -0.15) is 5.26 Å². The Morgan fingerprint density at radius 1 is 1.50 bits per heavy atom. The molecule has 1 amide bonds. The molecule has 0 aliphatic carbocycles. The van der Waals surface area contributed by atoms with E-state index in [9.17, 15) is 4.79 Å². The Balaban J connectivity index is 2.22. The molecular formula is C14H16N4O2. The molecule has 0 fully saturated rings. The van der Waals surface area contributed by atoms with Crippen LogP contribution in [-0.2, 0) is 4.79 Å². The highest BCUT2D eigenvalue weighted by Gasteiger charge is 2.21. The molecule has 2 rings (SSSR count). The lowest BCUT2D eigenvalue weighted by molar-refractivity contribution is -0.119. The summed E-state index contributed by atoms with van der Waals surface area (Å²) in [7, 11) is 0. The van der Waals surface area contributed by atoms with E-state index in [-0.39, 0.29) is 19.0 Å². The molecule has 0 aromatic heterocycles. The van der Waals surface area contributed by atoms with Crippen molar-refractivity contribution in [2.75, 3.05) is 24.5 Å². The van der Waals surface area contributed by atoms with Crippen LogP contribution >= 0.6 is 0 Å². The van der Waals surface area contributed by atoms with Gasteiger partial charge in [-0.15, -0.1) is 0 Å². The topological polar surface area (TPSA) is 88.7 Å². The first-order valence-electron chi connectivity index (χ1n) is 6.45. The minimum absolute atomic E-state index is 0.0116. The largest absolute Gasteiger partial charge is 0.411 e. The fourth-order valence-electron chi connectivity index (χ4n) is 2.32. The Bertz CT molecular complexity index is 563. The average Bonchev–Trinajstić information content (AvgIpc) is 2.65. The maximum Gasteiger partial charge on any atom is 0.240 e. The summed E-state index contributed by atoms with van der Waals surface area (Å²) < 4.78 is 0. The highest BCUT2D eigenvalue weighted by atomic mass is 16.4. The maximum atomic E-state index is 11.8. The van der Waals surface area contributed by atoms with E-state index >= 15 is 0 Å². The Morgan fingerprint density at radius 2 is 2.30 bits per heavy atom. The third-order valence-corrected chi connectivity index (χ3v) is 3.22. The number of nitrogens with one attached hydrogen (secondary N) is 1. The summed E-state index contributed by atoms with van der Waals surface area (Å²) in [5.41, 5.74) is 2.37.